The maximum absolute atomic E-state index is 14.4. The Labute approximate surface area is 223 Å². The summed E-state index contributed by atoms with van der Waals surface area (Å²) in [6.07, 6.45) is 13.4. The molecule has 8 heteroatoms. The van der Waals surface area contributed by atoms with Crippen LogP contribution in [0.2, 0.25) is 0 Å². The van der Waals surface area contributed by atoms with E-state index in [1.165, 1.54) is 0 Å². The van der Waals surface area contributed by atoms with E-state index >= 15 is 0 Å². The maximum atomic E-state index is 14.4. The zero-order chi connectivity index (χ0) is 27.1. The highest BCUT2D eigenvalue weighted by Gasteiger charge is 2.58. The predicted molar refractivity (Wildman–Crippen MR) is 152 cm³/mol. The summed E-state index contributed by atoms with van der Waals surface area (Å²) in [6.45, 7) is 15.9. The van der Waals surface area contributed by atoms with E-state index < -0.39 is 20.5 Å². The summed E-state index contributed by atoms with van der Waals surface area (Å²) in [5.74, 6) is 1.00. The van der Waals surface area contributed by atoms with Gasteiger partial charge in [-0.3, -0.25) is 13.7 Å². The van der Waals surface area contributed by atoms with Crippen molar-refractivity contribution in [2.24, 2.45) is 17.8 Å². The molecule has 5 atom stereocenters. The van der Waals surface area contributed by atoms with E-state index in [9.17, 15) is 9.13 Å². The van der Waals surface area contributed by atoms with Gasteiger partial charge in [-0.2, -0.15) is 0 Å². The standard InChI is InChI=1S/C28H58O6P2/c1-8-14-17-25(11-4)22-31-35(29)21-20-28(7,34-35)36(30,32-23-26(12-5)18-15-9-2)33-24-27(13-6)19-16-10-3/h25-27H,8-24H2,1-7H3. The van der Waals surface area contributed by atoms with E-state index in [4.69, 9.17) is 18.1 Å². The Bertz CT molecular complexity index is 648. The average molecular weight is 553 g/mol. The molecule has 0 aromatic carbocycles. The van der Waals surface area contributed by atoms with Crippen LogP contribution in [0.1, 0.15) is 132 Å². The topological polar surface area (TPSA) is 71.1 Å². The van der Waals surface area contributed by atoms with Crippen LogP contribution in [-0.4, -0.2) is 31.3 Å². The lowest BCUT2D eigenvalue weighted by Crippen LogP contribution is -2.28. The third-order valence-corrected chi connectivity index (χ3v) is 12.5. The number of hydrogen-bond acceptors (Lipinski definition) is 6. The summed E-state index contributed by atoms with van der Waals surface area (Å²) in [7, 11) is -7.07. The molecule has 0 aromatic heterocycles. The van der Waals surface area contributed by atoms with Gasteiger partial charge in [-0.25, -0.2) is 0 Å². The summed E-state index contributed by atoms with van der Waals surface area (Å²) in [5, 5.41) is -1.25. The molecule has 36 heavy (non-hydrogen) atoms. The lowest BCUT2D eigenvalue weighted by Gasteiger charge is -2.34. The van der Waals surface area contributed by atoms with Crippen molar-refractivity contribution >= 4 is 15.2 Å². The summed E-state index contributed by atoms with van der Waals surface area (Å²) in [5.41, 5.74) is 0. The van der Waals surface area contributed by atoms with Gasteiger partial charge in [0.25, 0.3) is 0 Å². The summed E-state index contributed by atoms with van der Waals surface area (Å²) in [6, 6.07) is 0. The molecule has 0 aromatic rings. The minimum absolute atomic E-state index is 0.254. The number of hydrogen-bond donors (Lipinski definition) is 0. The first-order valence-electron chi connectivity index (χ1n) is 15.0. The Kier molecular flexibility index (Phi) is 17.0. The van der Waals surface area contributed by atoms with Gasteiger partial charge in [-0.1, -0.05) is 99.3 Å². The highest BCUT2D eigenvalue weighted by Crippen LogP contribution is 2.73. The lowest BCUT2D eigenvalue weighted by molar-refractivity contribution is 0.0762. The van der Waals surface area contributed by atoms with Crippen LogP contribution in [0.15, 0.2) is 0 Å². The van der Waals surface area contributed by atoms with E-state index in [1.54, 1.807) is 6.92 Å². The van der Waals surface area contributed by atoms with Crippen molar-refractivity contribution in [2.75, 3.05) is 26.0 Å². The van der Waals surface area contributed by atoms with Gasteiger partial charge in [0.1, 0.15) is 0 Å². The Morgan fingerprint density at radius 1 is 0.778 bits per heavy atom. The zero-order valence-corrected chi connectivity index (χ0v) is 26.4. The van der Waals surface area contributed by atoms with E-state index in [0.29, 0.717) is 44.0 Å². The third-order valence-electron chi connectivity index (χ3n) is 7.86. The third kappa shape index (κ3) is 11.2. The molecule has 0 saturated carbocycles. The summed E-state index contributed by atoms with van der Waals surface area (Å²) in [4.78, 5) is 0. The Morgan fingerprint density at radius 2 is 1.19 bits per heavy atom. The molecule has 1 aliphatic heterocycles. The fourth-order valence-corrected chi connectivity index (χ4v) is 9.52. The largest absolute Gasteiger partial charge is 0.362 e. The quantitative estimate of drug-likeness (QED) is 0.124. The van der Waals surface area contributed by atoms with E-state index in [1.807, 2.05) is 0 Å². The molecule has 216 valence electrons. The Morgan fingerprint density at radius 3 is 1.58 bits per heavy atom. The molecule has 0 N–H and O–H groups in total. The molecule has 0 spiro atoms. The van der Waals surface area contributed by atoms with Crippen molar-refractivity contribution in [2.45, 2.75) is 137 Å². The molecule has 6 nitrogen and oxygen atoms in total. The molecule has 5 unspecified atom stereocenters. The second kappa shape index (κ2) is 17.8. The second-order valence-electron chi connectivity index (χ2n) is 11.0. The van der Waals surface area contributed by atoms with Gasteiger partial charge in [-0.05, 0) is 50.4 Å². The van der Waals surface area contributed by atoms with E-state index in [2.05, 4.69) is 41.5 Å². The predicted octanol–water partition coefficient (Wildman–Crippen LogP) is 10.2. The van der Waals surface area contributed by atoms with Crippen molar-refractivity contribution in [3.05, 3.63) is 0 Å². The molecule has 0 radical (unpaired) electrons. The lowest BCUT2D eigenvalue weighted by atomic mass is 10.0. The van der Waals surface area contributed by atoms with Crippen LogP contribution >= 0.6 is 15.2 Å². The van der Waals surface area contributed by atoms with Crippen molar-refractivity contribution < 1.29 is 27.2 Å². The molecular formula is C28H58O6P2. The van der Waals surface area contributed by atoms with Crippen LogP contribution < -0.4 is 0 Å². The smallest absolute Gasteiger partial charge is 0.308 e. The van der Waals surface area contributed by atoms with Gasteiger partial charge in [-0.15, -0.1) is 0 Å². The van der Waals surface area contributed by atoms with Gasteiger partial charge < -0.3 is 13.6 Å². The molecule has 1 rings (SSSR count). The second-order valence-corrected chi connectivity index (χ2v) is 15.6. The van der Waals surface area contributed by atoms with Crippen LogP contribution in [0.3, 0.4) is 0 Å². The molecule has 1 aliphatic rings. The first kappa shape index (κ1) is 34.3. The molecule has 0 bridgehead atoms. The van der Waals surface area contributed by atoms with Crippen molar-refractivity contribution in [1.29, 1.82) is 0 Å². The van der Waals surface area contributed by atoms with Crippen LogP contribution in [-0.2, 0) is 27.2 Å². The van der Waals surface area contributed by atoms with Gasteiger partial charge in [0.05, 0.1) is 26.0 Å². The fourth-order valence-electron chi connectivity index (χ4n) is 4.64. The van der Waals surface area contributed by atoms with Crippen LogP contribution in [0.4, 0.5) is 0 Å². The number of unbranched alkanes of at least 4 members (excludes halogenated alkanes) is 3. The summed E-state index contributed by atoms with van der Waals surface area (Å²) >= 11 is 0. The average Bonchev–Trinajstić information content (AvgIpc) is 3.20. The Balaban J connectivity index is 2.99. The molecular weight excluding hydrogens is 494 g/mol. The first-order valence-corrected chi connectivity index (χ1v) is 18.2. The highest BCUT2D eigenvalue weighted by atomic mass is 31.2. The van der Waals surface area contributed by atoms with Crippen molar-refractivity contribution in [3.63, 3.8) is 0 Å². The molecule has 1 heterocycles. The molecule has 1 saturated heterocycles. The SMILES string of the molecule is CCCCC(CC)COP1(=O)CCC(C)(P(=O)(OCC(CC)CCCC)OCC(CC)CCCC)O1. The van der Waals surface area contributed by atoms with E-state index in [0.717, 1.165) is 77.0 Å². The Hall–Kier alpha value is 0.300. The van der Waals surface area contributed by atoms with Crippen molar-refractivity contribution in [1.82, 2.24) is 0 Å². The highest BCUT2D eigenvalue weighted by molar-refractivity contribution is 7.59. The van der Waals surface area contributed by atoms with Crippen LogP contribution in [0.5, 0.6) is 0 Å². The monoisotopic (exact) mass is 552 g/mol. The van der Waals surface area contributed by atoms with Gasteiger partial charge in [0, 0.05) is 0 Å². The van der Waals surface area contributed by atoms with Gasteiger partial charge in [0.2, 0.25) is 0 Å². The fraction of sp³-hybridized carbons (Fsp3) is 1.00. The van der Waals surface area contributed by atoms with Gasteiger partial charge >= 0.3 is 15.2 Å². The summed E-state index contributed by atoms with van der Waals surface area (Å²) < 4.78 is 52.4. The molecule has 0 aliphatic carbocycles. The first-order chi connectivity index (χ1) is 17.1. The zero-order valence-electron chi connectivity index (χ0n) is 24.6. The maximum Gasteiger partial charge on any atom is 0.362 e. The minimum atomic E-state index is -3.70. The number of rotatable bonds is 22. The molecule has 1 fully saturated rings. The van der Waals surface area contributed by atoms with Crippen molar-refractivity contribution in [3.8, 4) is 0 Å². The minimum Gasteiger partial charge on any atom is -0.308 e. The van der Waals surface area contributed by atoms with E-state index in [-0.39, 0.29) is 6.16 Å². The van der Waals surface area contributed by atoms with Crippen LogP contribution in [0.25, 0.3) is 0 Å². The van der Waals surface area contributed by atoms with Gasteiger partial charge in [0.15, 0.2) is 5.34 Å². The normalized spacial score (nSPS) is 26.5. The molecule has 0 amide bonds. The van der Waals surface area contributed by atoms with Crippen LogP contribution in [0, 0.1) is 17.8 Å².